The van der Waals surface area contributed by atoms with Gasteiger partial charge in [0.15, 0.2) is 0 Å². The van der Waals surface area contributed by atoms with Gasteiger partial charge >= 0.3 is 5.97 Å². The average molecular weight is 251 g/mol. The second-order valence-electron chi connectivity index (χ2n) is 2.74. The Kier molecular flexibility index (Phi) is 3.99. The molecule has 0 unspecified atom stereocenters. The third-order valence-corrected chi connectivity index (χ3v) is 2.29. The SMILES string of the molecule is O=C(O)CCNC(=O)c1cc(Cl)c(Cl)[nH]1. The number of H-pyrrole nitrogens is 1. The monoisotopic (exact) mass is 250 g/mol. The van der Waals surface area contributed by atoms with E-state index in [4.69, 9.17) is 28.3 Å². The average Bonchev–Trinajstić information content (AvgIpc) is 2.46. The maximum Gasteiger partial charge on any atom is 0.305 e. The van der Waals surface area contributed by atoms with Crippen molar-refractivity contribution in [1.29, 1.82) is 0 Å². The molecule has 7 heteroatoms. The Morgan fingerprint density at radius 3 is 2.60 bits per heavy atom. The molecule has 0 aliphatic heterocycles. The van der Waals surface area contributed by atoms with E-state index in [2.05, 4.69) is 10.3 Å². The maximum atomic E-state index is 11.3. The second-order valence-corrected chi connectivity index (χ2v) is 3.53. The summed E-state index contributed by atoms with van der Waals surface area (Å²) in [5, 5.41) is 11.2. The molecule has 1 aromatic heterocycles. The molecule has 0 aromatic carbocycles. The van der Waals surface area contributed by atoms with Crippen molar-refractivity contribution in [3.63, 3.8) is 0 Å². The number of aliphatic carboxylic acids is 1. The first-order chi connectivity index (χ1) is 7.00. The number of carboxylic acids is 1. The van der Waals surface area contributed by atoms with Crippen LogP contribution in [0.5, 0.6) is 0 Å². The summed E-state index contributed by atoms with van der Waals surface area (Å²) in [6.07, 6.45) is -0.131. The van der Waals surface area contributed by atoms with Gasteiger partial charge in [-0.15, -0.1) is 0 Å². The summed E-state index contributed by atoms with van der Waals surface area (Å²) < 4.78 is 0. The molecule has 0 saturated heterocycles. The van der Waals surface area contributed by atoms with E-state index < -0.39 is 11.9 Å². The summed E-state index contributed by atoms with van der Waals surface area (Å²) in [5.74, 6) is -1.41. The molecule has 1 amide bonds. The Bertz CT molecular complexity index is 370. The minimum absolute atomic E-state index is 0.0580. The van der Waals surface area contributed by atoms with Crippen LogP contribution >= 0.6 is 23.2 Å². The summed E-state index contributed by atoms with van der Waals surface area (Å²) in [6.45, 7) is 0.0580. The lowest BCUT2D eigenvalue weighted by Crippen LogP contribution is -2.26. The van der Waals surface area contributed by atoms with Gasteiger partial charge in [0.2, 0.25) is 0 Å². The maximum absolute atomic E-state index is 11.3. The first-order valence-corrected chi connectivity index (χ1v) is 4.80. The van der Waals surface area contributed by atoms with Crippen molar-refractivity contribution < 1.29 is 14.7 Å². The van der Waals surface area contributed by atoms with E-state index in [-0.39, 0.29) is 28.8 Å². The summed E-state index contributed by atoms with van der Waals surface area (Å²) in [5.41, 5.74) is 0.204. The fourth-order valence-electron chi connectivity index (χ4n) is 0.905. The van der Waals surface area contributed by atoms with Gasteiger partial charge in [0, 0.05) is 6.54 Å². The summed E-state index contributed by atoms with van der Waals surface area (Å²) in [7, 11) is 0. The van der Waals surface area contributed by atoms with Crippen molar-refractivity contribution in [2.75, 3.05) is 6.54 Å². The van der Waals surface area contributed by atoms with Gasteiger partial charge in [0.25, 0.3) is 5.91 Å². The van der Waals surface area contributed by atoms with Crippen LogP contribution < -0.4 is 5.32 Å². The summed E-state index contributed by atoms with van der Waals surface area (Å²) in [4.78, 5) is 24.1. The first kappa shape index (κ1) is 11.9. The van der Waals surface area contributed by atoms with Crippen LogP contribution in [0.1, 0.15) is 16.9 Å². The molecule has 0 fully saturated rings. The molecule has 15 heavy (non-hydrogen) atoms. The largest absolute Gasteiger partial charge is 0.481 e. The fourth-order valence-corrected chi connectivity index (χ4v) is 1.22. The van der Waals surface area contributed by atoms with Crippen LogP contribution in [-0.2, 0) is 4.79 Å². The Labute approximate surface area is 95.4 Å². The molecule has 1 aromatic rings. The Morgan fingerprint density at radius 1 is 1.47 bits per heavy atom. The smallest absolute Gasteiger partial charge is 0.305 e. The van der Waals surface area contributed by atoms with Crippen molar-refractivity contribution in [3.8, 4) is 0 Å². The van der Waals surface area contributed by atoms with Crippen molar-refractivity contribution in [2.24, 2.45) is 0 Å². The molecular weight excluding hydrogens is 243 g/mol. The predicted molar refractivity (Wildman–Crippen MR) is 55.4 cm³/mol. The van der Waals surface area contributed by atoms with E-state index in [9.17, 15) is 9.59 Å². The van der Waals surface area contributed by atoms with Gasteiger partial charge in [-0.2, -0.15) is 0 Å². The molecule has 0 bridgehead atoms. The van der Waals surface area contributed by atoms with Crippen LogP contribution in [0, 0.1) is 0 Å². The van der Waals surface area contributed by atoms with E-state index in [1.807, 2.05) is 0 Å². The molecule has 3 N–H and O–H groups in total. The van der Waals surface area contributed by atoms with Gasteiger partial charge in [-0.05, 0) is 6.07 Å². The number of carbonyl (C=O) groups excluding carboxylic acids is 1. The number of amides is 1. The molecule has 1 heterocycles. The number of carbonyl (C=O) groups is 2. The lowest BCUT2D eigenvalue weighted by Gasteiger charge is -2.00. The molecule has 5 nitrogen and oxygen atoms in total. The van der Waals surface area contributed by atoms with Gasteiger partial charge < -0.3 is 15.4 Å². The van der Waals surface area contributed by atoms with Gasteiger partial charge in [-0.3, -0.25) is 9.59 Å². The van der Waals surface area contributed by atoms with Crippen molar-refractivity contribution in [3.05, 3.63) is 21.9 Å². The van der Waals surface area contributed by atoms with Crippen LogP contribution in [0.2, 0.25) is 10.2 Å². The predicted octanol–water partition coefficient (Wildman–Crippen LogP) is 1.53. The van der Waals surface area contributed by atoms with E-state index >= 15 is 0 Å². The van der Waals surface area contributed by atoms with Crippen LogP contribution in [0.4, 0.5) is 0 Å². The highest BCUT2D eigenvalue weighted by molar-refractivity contribution is 6.41. The highest BCUT2D eigenvalue weighted by Crippen LogP contribution is 2.21. The minimum atomic E-state index is -0.974. The molecule has 0 aliphatic carbocycles. The van der Waals surface area contributed by atoms with Crippen LogP contribution in [-0.4, -0.2) is 28.5 Å². The van der Waals surface area contributed by atoms with Crippen LogP contribution in [0.25, 0.3) is 0 Å². The zero-order chi connectivity index (χ0) is 11.4. The van der Waals surface area contributed by atoms with Crippen molar-refractivity contribution in [1.82, 2.24) is 10.3 Å². The second kappa shape index (κ2) is 5.04. The zero-order valence-electron chi connectivity index (χ0n) is 7.51. The fraction of sp³-hybridized carbons (Fsp3) is 0.250. The van der Waals surface area contributed by atoms with Crippen molar-refractivity contribution in [2.45, 2.75) is 6.42 Å². The molecule has 82 valence electrons. The lowest BCUT2D eigenvalue weighted by atomic mass is 10.4. The highest BCUT2D eigenvalue weighted by atomic mass is 35.5. The van der Waals surface area contributed by atoms with Gasteiger partial charge in [0.1, 0.15) is 10.8 Å². The Balaban J connectivity index is 2.50. The molecule has 1 rings (SSSR count). The number of nitrogens with one attached hydrogen (secondary N) is 2. The molecule has 0 atom stereocenters. The Morgan fingerprint density at radius 2 is 2.13 bits per heavy atom. The summed E-state index contributed by atoms with van der Waals surface area (Å²) >= 11 is 11.2. The van der Waals surface area contributed by atoms with E-state index in [0.717, 1.165) is 0 Å². The third-order valence-electron chi connectivity index (χ3n) is 1.59. The number of rotatable bonds is 4. The topological polar surface area (TPSA) is 82.2 Å². The quantitative estimate of drug-likeness (QED) is 0.758. The number of hydrogen-bond acceptors (Lipinski definition) is 2. The van der Waals surface area contributed by atoms with E-state index in [1.54, 1.807) is 0 Å². The molecule has 0 aliphatic rings. The van der Waals surface area contributed by atoms with E-state index in [1.165, 1.54) is 6.07 Å². The molecule has 0 radical (unpaired) electrons. The molecular formula is C8H8Cl2N2O3. The number of halogens is 2. The highest BCUT2D eigenvalue weighted by Gasteiger charge is 2.11. The number of aromatic nitrogens is 1. The first-order valence-electron chi connectivity index (χ1n) is 4.04. The van der Waals surface area contributed by atoms with Gasteiger partial charge in [0.05, 0.1) is 11.4 Å². The van der Waals surface area contributed by atoms with Crippen LogP contribution in [0.3, 0.4) is 0 Å². The third kappa shape index (κ3) is 3.45. The molecule has 0 saturated carbocycles. The minimum Gasteiger partial charge on any atom is -0.481 e. The molecule has 0 spiro atoms. The lowest BCUT2D eigenvalue weighted by molar-refractivity contribution is -0.136. The number of carboxylic acid groups (broad SMARTS) is 1. The number of aromatic amines is 1. The van der Waals surface area contributed by atoms with Crippen molar-refractivity contribution >= 4 is 35.1 Å². The standard InChI is InChI=1S/C8H8Cl2N2O3/c9-4-3-5(12-7(4)10)8(15)11-2-1-6(13)14/h3,12H,1-2H2,(H,11,15)(H,13,14). The van der Waals surface area contributed by atoms with Gasteiger partial charge in [-0.1, -0.05) is 23.2 Å². The normalized spacial score (nSPS) is 10.0. The zero-order valence-corrected chi connectivity index (χ0v) is 9.02. The van der Waals surface area contributed by atoms with Crippen LogP contribution in [0.15, 0.2) is 6.07 Å². The van der Waals surface area contributed by atoms with E-state index in [0.29, 0.717) is 0 Å². The van der Waals surface area contributed by atoms with Gasteiger partial charge in [-0.25, -0.2) is 0 Å². The number of hydrogen-bond donors (Lipinski definition) is 3. The summed E-state index contributed by atoms with van der Waals surface area (Å²) in [6, 6.07) is 1.37. The Hall–Kier alpha value is -1.20.